The Bertz CT molecular complexity index is 191. The molecule has 0 fully saturated rings. The molecule has 0 atom stereocenters. The average molecular weight is 209 g/mol. The van der Waals surface area contributed by atoms with Gasteiger partial charge >= 0.3 is 36.5 Å². The van der Waals surface area contributed by atoms with Gasteiger partial charge in [0.15, 0.2) is 0 Å². The predicted octanol–water partition coefficient (Wildman–Crippen LogP) is 2.43. The van der Waals surface area contributed by atoms with Crippen molar-refractivity contribution in [2.24, 2.45) is 0 Å². The number of benzene rings is 1. The number of hydrogen-bond donors (Lipinski definition) is 0. The van der Waals surface area contributed by atoms with Crippen LogP contribution in [0.3, 0.4) is 0 Å². The topological polar surface area (TPSA) is 0 Å². The van der Waals surface area contributed by atoms with Crippen LogP contribution in [0.25, 0.3) is 0 Å². The summed E-state index contributed by atoms with van der Waals surface area (Å²) >= 11 is 0.708. The second-order valence-electron chi connectivity index (χ2n) is 1.95. The van der Waals surface area contributed by atoms with Gasteiger partial charge in [0.05, 0.1) is 0 Å². The summed E-state index contributed by atoms with van der Waals surface area (Å²) in [5.41, 5.74) is 0. The van der Waals surface area contributed by atoms with E-state index in [-0.39, 0.29) is 0 Å². The monoisotopic (exact) mass is 210 g/mol. The number of hydrogen-bond acceptors (Lipinski definition) is 0. The fourth-order valence-corrected chi connectivity index (χ4v) is 1.56. The van der Waals surface area contributed by atoms with Crippen molar-refractivity contribution in [2.45, 2.75) is 0 Å². The average Bonchev–Trinajstić information content (AvgIpc) is 2.64. The van der Waals surface area contributed by atoms with E-state index in [1.54, 1.807) is 0 Å². The normalized spacial score (nSPS) is 8.00. The minimum absolute atomic E-state index is 0.708. The summed E-state index contributed by atoms with van der Waals surface area (Å²) in [6, 6.07) is 16.2. The maximum atomic E-state index is 2.19. The first kappa shape index (κ1) is 8.32. The predicted molar refractivity (Wildman–Crippen MR) is 49.8 cm³/mol. The van der Waals surface area contributed by atoms with Crippen molar-refractivity contribution in [3.63, 3.8) is 0 Å². The Kier molecular flexibility index (Phi) is 4.51. The third-order valence-electron chi connectivity index (χ3n) is 1.09. The van der Waals surface area contributed by atoms with Crippen LogP contribution >= 0.6 is 0 Å². The van der Waals surface area contributed by atoms with Crippen LogP contribution in [0.1, 0.15) is 0 Å². The molecule has 2 rings (SSSR count). The largest absolute Gasteiger partial charge is 0.0623 e. The minimum Gasteiger partial charge on any atom is -0.0623 e. The molecule has 0 bridgehead atoms. The summed E-state index contributed by atoms with van der Waals surface area (Å²) in [5.74, 6) is 0. The first-order chi connectivity index (χ1) is 5.50. The molecule has 1 aromatic heterocycles. The second-order valence-corrected chi connectivity index (χ2v) is 3.66. The molecule has 1 heteroatoms. The van der Waals surface area contributed by atoms with Gasteiger partial charge in [0, 0.05) is 0 Å². The van der Waals surface area contributed by atoms with Gasteiger partial charge in [-0.05, 0) is 0 Å². The van der Waals surface area contributed by atoms with E-state index in [4.69, 9.17) is 0 Å². The molecule has 0 spiro atoms. The summed E-state index contributed by atoms with van der Waals surface area (Å²) in [4.78, 5) is 4.38. The molecule has 0 aliphatic heterocycles. The first-order valence-electron chi connectivity index (χ1n) is 3.47. The summed E-state index contributed by atoms with van der Waals surface area (Å²) in [5, 5.41) is 0. The third kappa shape index (κ3) is 4.60. The van der Waals surface area contributed by atoms with E-state index < -0.39 is 0 Å². The van der Waals surface area contributed by atoms with Crippen LogP contribution in [0.5, 0.6) is 0 Å². The van der Waals surface area contributed by atoms with Gasteiger partial charge in [-0.15, -0.1) is 0 Å². The van der Waals surface area contributed by atoms with E-state index in [0.29, 0.717) is 14.5 Å². The molecule has 2 aromatic rings. The molecule has 0 saturated heterocycles. The quantitative estimate of drug-likeness (QED) is 0.584. The van der Waals surface area contributed by atoms with Crippen LogP contribution in [0.4, 0.5) is 0 Å². The van der Waals surface area contributed by atoms with Crippen molar-refractivity contribution in [3.05, 3.63) is 58.4 Å². The van der Waals surface area contributed by atoms with E-state index in [2.05, 4.69) is 22.0 Å². The van der Waals surface area contributed by atoms with Crippen LogP contribution in [0.15, 0.2) is 58.4 Å². The molecule has 0 aliphatic rings. The van der Waals surface area contributed by atoms with E-state index in [1.807, 2.05) is 36.4 Å². The molecule has 0 radical (unpaired) electrons. The van der Waals surface area contributed by atoms with Gasteiger partial charge in [-0.3, -0.25) is 0 Å². The van der Waals surface area contributed by atoms with Crippen LogP contribution in [-0.2, 0) is 0 Å². The van der Waals surface area contributed by atoms with Crippen molar-refractivity contribution >= 4 is 14.5 Å². The van der Waals surface area contributed by atoms with E-state index in [9.17, 15) is 0 Å². The fourth-order valence-electron chi connectivity index (χ4n) is 0.612. The maximum absolute atomic E-state index is 2.19. The minimum atomic E-state index is 0.708. The maximum Gasteiger partial charge on any atom is -0.0623 e. The molecular weight excluding hydrogens is 199 g/mol. The summed E-state index contributed by atoms with van der Waals surface area (Å²) in [7, 11) is 0. The molecule has 0 aliphatic carbocycles. The zero-order chi connectivity index (χ0) is 7.78. The fraction of sp³-hybridized carbons (Fsp3) is 0. The van der Waals surface area contributed by atoms with Gasteiger partial charge in [0.1, 0.15) is 0 Å². The van der Waals surface area contributed by atoms with Crippen molar-refractivity contribution < 1.29 is 0 Å². The zero-order valence-corrected chi connectivity index (χ0v) is 7.89. The van der Waals surface area contributed by atoms with E-state index in [1.165, 1.54) is 0 Å². The molecule has 0 amide bonds. The zero-order valence-electron chi connectivity index (χ0n) is 6.18. The Morgan fingerprint density at radius 2 is 0.818 bits per heavy atom. The van der Waals surface area contributed by atoms with Crippen LogP contribution in [0.2, 0.25) is 0 Å². The Balaban J connectivity index is 0.000000112. The second kappa shape index (κ2) is 5.96. The molecular formula is C10H10Se. The van der Waals surface area contributed by atoms with Gasteiger partial charge < -0.3 is 0 Å². The van der Waals surface area contributed by atoms with Crippen molar-refractivity contribution in [2.75, 3.05) is 0 Å². The van der Waals surface area contributed by atoms with E-state index >= 15 is 0 Å². The van der Waals surface area contributed by atoms with Gasteiger partial charge in [-0.2, -0.15) is 0 Å². The van der Waals surface area contributed by atoms with Crippen LogP contribution in [-0.4, -0.2) is 14.5 Å². The van der Waals surface area contributed by atoms with Crippen molar-refractivity contribution in [3.8, 4) is 0 Å². The molecule has 0 saturated carbocycles. The standard InChI is InChI=1S/C6H6.C4H4Se/c1-2-4-6-5-3-1;1-2-4-5-3-1/h1-6H;1-4H. The Labute approximate surface area is 73.3 Å². The SMILES string of the molecule is c1cc[se]c1.c1ccccc1. The summed E-state index contributed by atoms with van der Waals surface area (Å²) in [6.07, 6.45) is 0. The van der Waals surface area contributed by atoms with Gasteiger partial charge in [-0.1, -0.05) is 36.4 Å². The summed E-state index contributed by atoms with van der Waals surface area (Å²) in [6.45, 7) is 0. The molecule has 0 nitrogen and oxygen atoms in total. The van der Waals surface area contributed by atoms with Crippen molar-refractivity contribution in [1.82, 2.24) is 0 Å². The Hall–Kier alpha value is -0.781. The Morgan fingerprint density at radius 3 is 1.00 bits per heavy atom. The molecule has 56 valence electrons. The first-order valence-corrected chi connectivity index (χ1v) is 5.45. The molecule has 0 N–H and O–H groups in total. The molecule has 1 aromatic carbocycles. The van der Waals surface area contributed by atoms with Crippen LogP contribution in [0, 0.1) is 0 Å². The van der Waals surface area contributed by atoms with Crippen LogP contribution < -0.4 is 0 Å². The van der Waals surface area contributed by atoms with E-state index in [0.717, 1.165) is 0 Å². The van der Waals surface area contributed by atoms with Gasteiger partial charge in [0.2, 0.25) is 0 Å². The molecule has 11 heavy (non-hydrogen) atoms. The third-order valence-corrected chi connectivity index (χ3v) is 2.41. The van der Waals surface area contributed by atoms with Gasteiger partial charge in [-0.25, -0.2) is 0 Å². The van der Waals surface area contributed by atoms with Gasteiger partial charge in [0.25, 0.3) is 0 Å². The Morgan fingerprint density at radius 1 is 0.455 bits per heavy atom. The molecule has 1 heterocycles. The smallest absolute Gasteiger partial charge is 0.0623 e. The molecule has 0 unspecified atom stereocenters. The summed E-state index contributed by atoms with van der Waals surface area (Å²) < 4.78 is 0. The van der Waals surface area contributed by atoms with Crippen molar-refractivity contribution in [1.29, 1.82) is 0 Å². The number of rotatable bonds is 0.